The van der Waals surface area contributed by atoms with Crippen LogP contribution in [0.25, 0.3) is 11.0 Å². The van der Waals surface area contributed by atoms with Gasteiger partial charge in [0.15, 0.2) is 0 Å². The van der Waals surface area contributed by atoms with E-state index in [-0.39, 0.29) is 18.8 Å². The lowest BCUT2D eigenvalue weighted by atomic mass is 10.0. The van der Waals surface area contributed by atoms with Gasteiger partial charge >= 0.3 is 12.4 Å². The van der Waals surface area contributed by atoms with Gasteiger partial charge in [0.1, 0.15) is 18.0 Å². The van der Waals surface area contributed by atoms with Crippen LogP contribution in [0.5, 0.6) is 5.75 Å². The fourth-order valence-electron chi connectivity index (χ4n) is 3.36. The minimum atomic E-state index is -4.66. The molecular weight excluding hydrogens is 434 g/mol. The average molecular weight is 450 g/mol. The topological polar surface area (TPSA) is 37.9 Å². The Labute approximate surface area is 178 Å². The second-order valence-electron chi connectivity index (χ2n) is 7.20. The largest absolute Gasteiger partial charge is 0.488 e. The van der Waals surface area contributed by atoms with Crippen molar-refractivity contribution in [2.45, 2.75) is 25.4 Å². The summed E-state index contributed by atoms with van der Waals surface area (Å²) >= 11 is 0. The summed E-state index contributed by atoms with van der Waals surface area (Å²) in [6, 6.07) is 11.5. The van der Waals surface area contributed by atoms with Crippen molar-refractivity contribution in [3.05, 3.63) is 94.8 Å². The van der Waals surface area contributed by atoms with Crippen LogP contribution in [0.3, 0.4) is 0 Å². The van der Waals surface area contributed by atoms with E-state index in [0.717, 1.165) is 29.1 Å². The van der Waals surface area contributed by atoms with Crippen molar-refractivity contribution >= 4 is 11.0 Å². The molecule has 2 aromatic heterocycles. The van der Waals surface area contributed by atoms with Crippen LogP contribution in [0, 0.1) is 0 Å². The number of H-pyrrole nitrogens is 1. The first-order valence-corrected chi connectivity index (χ1v) is 9.51. The van der Waals surface area contributed by atoms with Gasteiger partial charge in [-0.3, -0.25) is 0 Å². The molecule has 0 aliphatic heterocycles. The molecule has 0 saturated carbocycles. The van der Waals surface area contributed by atoms with Crippen molar-refractivity contribution in [1.82, 2.24) is 9.97 Å². The highest BCUT2D eigenvalue weighted by molar-refractivity contribution is 5.79. The molecule has 2 aromatic carbocycles. The number of halogens is 6. The lowest BCUT2D eigenvalue weighted by Gasteiger charge is -2.16. The lowest BCUT2D eigenvalue weighted by Crippen LogP contribution is -2.10. The number of fused-ring (bicyclic) bond motifs is 1. The molecule has 0 radical (unpaired) electrons. The number of benzene rings is 2. The molecule has 3 nitrogen and oxygen atoms in total. The van der Waals surface area contributed by atoms with Crippen LogP contribution < -0.4 is 4.74 Å². The van der Waals surface area contributed by atoms with Gasteiger partial charge in [0.25, 0.3) is 0 Å². The Morgan fingerprint density at radius 1 is 0.844 bits per heavy atom. The molecule has 4 rings (SSSR count). The minimum Gasteiger partial charge on any atom is -0.488 e. The van der Waals surface area contributed by atoms with Crippen molar-refractivity contribution < 1.29 is 31.1 Å². The highest BCUT2D eigenvalue weighted by Gasteiger charge is 2.35. The Hall–Kier alpha value is -3.49. The predicted molar refractivity (Wildman–Crippen MR) is 106 cm³/mol. The first-order chi connectivity index (χ1) is 15.1. The molecule has 0 aliphatic carbocycles. The number of nitrogens with one attached hydrogen (secondary N) is 1. The minimum absolute atomic E-state index is 0.258. The maximum absolute atomic E-state index is 13.6. The third-order valence-electron chi connectivity index (χ3n) is 4.96. The molecule has 0 atom stereocenters. The normalized spacial score (nSPS) is 12.3. The number of pyridine rings is 1. The molecule has 0 aliphatic rings. The molecule has 0 spiro atoms. The van der Waals surface area contributed by atoms with E-state index >= 15 is 0 Å². The van der Waals surface area contributed by atoms with E-state index in [9.17, 15) is 26.3 Å². The summed E-state index contributed by atoms with van der Waals surface area (Å²) < 4.78 is 84.2. The Balaban J connectivity index is 1.55. The van der Waals surface area contributed by atoms with E-state index in [1.165, 1.54) is 24.3 Å². The molecule has 0 fully saturated rings. The fourth-order valence-corrected chi connectivity index (χ4v) is 3.36. The molecule has 2 heterocycles. The van der Waals surface area contributed by atoms with Gasteiger partial charge < -0.3 is 9.72 Å². The number of ether oxygens (including phenoxy) is 1. The summed E-state index contributed by atoms with van der Waals surface area (Å²) in [6.45, 7) is -0.297. The zero-order valence-corrected chi connectivity index (χ0v) is 16.4. The van der Waals surface area contributed by atoms with E-state index in [2.05, 4.69) is 9.97 Å². The molecule has 0 unspecified atom stereocenters. The fraction of sp³-hybridized carbons (Fsp3) is 0.174. The van der Waals surface area contributed by atoms with Crippen LogP contribution in [0.1, 0.15) is 27.8 Å². The molecule has 1 N–H and O–H groups in total. The molecule has 166 valence electrons. The number of aromatic amines is 1. The standard InChI is InChI=1S/C23H16F6N2O/c24-22(25,26)17-6-3-14(4-7-17)13-32-20-8-5-15(11-19(20)23(27,28)29)10-16-12-31-21-18(16)2-1-9-30-21/h1-9,11-12H,10,13H2,(H,30,31). The van der Waals surface area contributed by atoms with Gasteiger partial charge in [0, 0.05) is 17.8 Å². The molecule has 9 heteroatoms. The van der Waals surface area contributed by atoms with Crippen LogP contribution >= 0.6 is 0 Å². The number of hydrogen-bond donors (Lipinski definition) is 1. The smallest absolute Gasteiger partial charge is 0.419 e. The number of aromatic nitrogens is 2. The second kappa shape index (κ2) is 8.22. The summed E-state index contributed by atoms with van der Waals surface area (Å²) in [5.74, 6) is -0.387. The Kier molecular flexibility index (Phi) is 5.58. The Morgan fingerprint density at radius 2 is 1.56 bits per heavy atom. The first-order valence-electron chi connectivity index (χ1n) is 9.51. The maximum atomic E-state index is 13.6. The van der Waals surface area contributed by atoms with E-state index < -0.39 is 23.5 Å². The molecule has 0 bridgehead atoms. The third kappa shape index (κ3) is 4.71. The van der Waals surface area contributed by atoms with Gasteiger partial charge in [-0.1, -0.05) is 18.2 Å². The summed E-state index contributed by atoms with van der Waals surface area (Å²) in [5, 5.41) is 0.823. The maximum Gasteiger partial charge on any atom is 0.419 e. The van der Waals surface area contributed by atoms with Gasteiger partial charge in [0.2, 0.25) is 0 Å². The quantitative estimate of drug-likeness (QED) is 0.341. The lowest BCUT2D eigenvalue weighted by molar-refractivity contribution is -0.139. The van der Waals surface area contributed by atoms with E-state index in [0.29, 0.717) is 16.8 Å². The van der Waals surface area contributed by atoms with Crippen LogP contribution in [0.15, 0.2) is 67.0 Å². The van der Waals surface area contributed by atoms with Crippen molar-refractivity contribution in [2.24, 2.45) is 0 Å². The summed E-state index contributed by atoms with van der Waals surface area (Å²) in [7, 11) is 0. The van der Waals surface area contributed by atoms with Crippen LogP contribution in [0.2, 0.25) is 0 Å². The average Bonchev–Trinajstić information content (AvgIpc) is 3.15. The number of alkyl halides is 6. The van der Waals surface area contributed by atoms with Crippen LogP contribution in [0.4, 0.5) is 26.3 Å². The predicted octanol–water partition coefficient (Wildman–Crippen LogP) is 6.77. The first kappa shape index (κ1) is 21.7. The van der Waals surface area contributed by atoms with E-state index in [1.807, 2.05) is 6.07 Å². The number of rotatable bonds is 5. The van der Waals surface area contributed by atoms with E-state index in [1.54, 1.807) is 18.5 Å². The zero-order chi connectivity index (χ0) is 22.9. The van der Waals surface area contributed by atoms with Crippen molar-refractivity contribution in [1.29, 1.82) is 0 Å². The van der Waals surface area contributed by atoms with Gasteiger partial charge in [-0.25, -0.2) is 4.98 Å². The molecule has 0 amide bonds. The van der Waals surface area contributed by atoms with Gasteiger partial charge in [-0.15, -0.1) is 0 Å². The second-order valence-corrected chi connectivity index (χ2v) is 7.20. The van der Waals surface area contributed by atoms with Gasteiger partial charge in [-0.05, 0) is 59.5 Å². The van der Waals surface area contributed by atoms with Crippen molar-refractivity contribution in [2.75, 3.05) is 0 Å². The molecular formula is C23H16F6N2O. The van der Waals surface area contributed by atoms with Crippen LogP contribution in [-0.2, 0) is 25.4 Å². The van der Waals surface area contributed by atoms with Crippen molar-refractivity contribution in [3.8, 4) is 5.75 Å². The van der Waals surface area contributed by atoms with Gasteiger partial charge in [-0.2, -0.15) is 26.3 Å². The number of hydrogen-bond acceptors (Lipinski definition) is 2. The summed E-state index contributed by atoms with van der Waals surface area (Å²) in [6.07, 6.45) is -5.56. The van der Waals surface area contributed by atoms with Gasteiger partial charge in [0.05, 0.1) is 11.1 Å². The monoisotopic (exact) mass is 450 g/mol. The van der Waals surface area contributed by atoms with Crippen LogP contribution in [-0.4, -0.2) is 9.97 Å². The Bertz CT molecular complexity index is 1230. The third-order valence-corrected chi connectivity index (χ3v) is 4.96. The Morgan fingerprint density at radius 3 is 2.25 bits per heavy atom. The summed E-state index contributed by atoms with van der Waals surface area (Å²) in [5.41, 5.74) is 0.425. The highest BCUT2D eigenvalue weighted by Crippen LogP contribution is 2.38. The molecule has 0 saturated heterocycles. The summed E-state index contributed by atoms with van der Waals surface area (Å²) in [4.78, 5) is 7.16. The zero-order valence-electron chi connectivity index (χ0n) is 16.4. The van der Waals surface area contributed by atoms with E-state index in [4.69, 9.17) is 4.74 Å². The molecule has 4 aromatic rings. The highest BCUT2D eigenvalue weighted by atomic mass is 19.4. The number of nitrogens with zero attached hydrogens (tertiary/aromatic N) is 1. The molecule has 32 heavy (non-hydrogen) atoms. The van der Waals surface area contributed by atoms with Crippen molar-refractivity contribution in [3.63, 3.8) is 0 Å². The SMILES string of the molecule is FC(F)(F)c1ccc(COc2ccc(Cc3c[nH]c4ncccc34)cc2C(F)(F)F)cc1.